The number of carbonyl (C=O) groups is 1. The first-order valence-corrected chi connectivity index (χ1v) is 9.58. The zero-order valence-electron chi connectivity index (χ0n) is 13.6. The fourth-order valence-electron chi connectivity index (χ4n) is 2.03. The van der Waals surface area contributed by atoms with Gasteiger partial charge >= 0.3 is 0 Å². The van der Waals surface area contributed by atoms with Gasteiger partial charge in [-0.15, -0.1) is 0 Å². The van der Waals surface area contributed by atoms with Gasteiger partial charge in [0.1, 0.15) is 21.8 Å². The van der Waals surface area contributed by atoms with E-state index in [1.54, 1.807) is 0 Å². The number of carbonyl (C=O) groups excluding carboxylic acids is 1. The lowest BCUT2D eigenvalue weighted by molar-refractivity contribution is 0.102. The van der Waals surface area contributed by atoms with Gasteiger partial charge in [0, 0.05) is 11.8 Å². The molecule has 0 aliphatic rings. The molecule has 0 atom stereocenters. The number of nitrogens with one attached hydrogen (secondary N) is 1. The van der Waals surface area contributed by atoms with Crippen molar-refractivity contribution >= 4 is 37.4 Å². The van der Waals surface area contributed by atoms with E-state index in [0.717, 1.165) is 24.5 Å². The van der Waals surface area contributed by atoms with Crippen LogP contribution in [0.4, 0.5) is 10.1 Å². The first-order valence-electron chi connectivity index (χ1n) is 6.90. The Morgan fingerprint density at radius 1 is 1.12 bits per heavy atom. The van der Waals surface area contributed by atoms with Gasteiger partial charge in [-0.25, -0.2) is 12.8 Å². The van der Waals surface area contributed by atoms with Gasteiger partial charge in [0.25, 0.3) is 5.91 Å². The van der Waals surface area contributed by atoms with Crippen molar-refractivity contribution in [3.63, 3.8) is 0 Å². The lowest BCUT2D eigenvalue weighted by Gasteiger charge is -2.12. The van der Waals surface area contributed by atoms with Gasteiger partial charge in [-0.3, -0.25) is 4.79 Å². The van der Waals surface area contributed by atoms with Crippen molar-refractivity contribution < 1.29 is 27.1 Å². The molecule has 0 radical (unpaired) electrons. The van der Waals surface area contributed by atoms with Crippen LogP contribution in [0.1, 0.15) is 10.4 Å². The summed E-state index contributed by atoms with van der Waals surface area (Å²) in [5, 5.41) is 2.36. The monoisotopic (exact) mass is 431 g/mol. The quantitative estimate of drug-likeness (QED) is 0.734. The van der Waals surface area contributed by atoms with Crippen LogP contribution < -0.4 is 14.8 Å². The Kier molecular flexibility index (Phi) is 5.69. The molecule has 2 aromatic carbocycles. The summed E-state index contributed by atoms with van der Waals surface area (Å²) in [6.07, 6.45) is 0.996. The molecule has 0 fully saturated rings. The summed E-state index contributed by atoms with van der Waals surface area (Å²) in [4.78, 5) is 12.3. The van der Waals surface area contributed by atoms with Crippen LogP contribution >= 0.6 is 15.9 Å². The highest BCUT2D eigenvalue weighted by Crippen LogP contribution is 2.35. The van der Waals surface area contributed by atoms with Crippen molar-refractivity contribution in [1.82, 2.24) is 0 Å². The Bertz CT molecular complexity index is 905. The van der Waals surface area contributed by atoms with Crippen LogP contribution in [0.5, 0.6) is 11.5 Å². The number of anilines is 1. The molecule has 6 nitrogen and oxygen atoms in total. The third kappa shape index (κ3) is 4.29. The molecule has 0 saturated carbocycles. The highest BCUT2D eigenvalue weighted by atomic mass is 79.9. The normalized spacial score (nSPS) is 11.1. The summed E-state index contributed by atoms with van der Waals surface area (Å²) in [5.41, 5.74) is -0.0881. The number of rotatable bonds is 5. The van der Waals surface area contributed by atoms with E-state index >= 15 is 0 Å². The maximum atomic E-state index is 13.9. The summed E-state index contributed by atoms with van der Waals surface area (Å²) in [5.74, 6) is -0.685. The topological polar surface area (TPSA) is 81.7 Å². The Balaban J connectivity index is 2.41. The minimum absolute atomic E-state index is 0.102. The molecular formula is C16H15BrFNO5S. The minimum Gasteiger partial charge on any atom is -0.495 e. The molecule has 134 valence electrons. The number of hydrogen-bond donors (Lipinski definition) is 1. The van der Waals surface area contributed by atoms with Crippen LogP contribution in [-0.4, -0.2) is 34.8 Å². The van der Waals surface area contributed by atoms with E-state index in [4.69, 9.17) is 9.47 Å². The molecule has 2 rings (SSSR count). The van der Waals surface area contributed by atoms with Crippen molar-refractivity contribution in [2.75, 3.05) is 25.8 Å². The Hall–Kier alpha value is -2.13. The average molecular weight is 432 g/mol. The molecule has 0 aliphatic carbocycles. The van der Waals surface area contributed by atoms with Crippen LogP contribution in [0.25, 0.3) is 0 Å². The van der Waals surface area contributed by atoms with Gasteiger partial charge in [-0.05, 0) is 46.3 Å². The fraction of sp³-hybridized carbons (Fsp3) is 0.188. The third-order valence-corrected chi connectivity index (χ3v) is 5.21. The van der Waals surface area contributed by atoms with Gasteiger partial charge < -0.3 is 14.8 Å². The maximum absolute atomic E-state index is 13.9. The van der Waals surface area contributed by atoms with Crippen molar-refractivity contribution in [1.29, 1.82) is 0 Å². The maximum Gasteiger partial charge on any atom is 0.256 e. The summed E-state index contributed by atoms with van der Waals surface area (Å²) in [6, 6.07) is 6.07. The SMILES string of the molecule is COc1cc(C(=O)Nc2cc(S(C)(=O)=O)ccc2F)cc(OC)c1Br. The van der Waals surface area contributed by atoms with Crippen molar-refractivity contribution in [2.24, 2.45) is 0 Å². The van der Waals surface area contributed by atoms with E-state index in [1.165, 1.54) is 26.4 Å². The van der Waals surface area contributed by atoms with Gasteiger partial charge in [-0.1, -0.05) is 0 Å². The van der Waals surface area contributed by atoms with E-state index in [-0.39, 0.29) is 16.1 Å². The molecule has 0 heterocycles. The molecule has 0 aliphatic heterocycles. The van der Waals surface area contributed by atoms with E-state index in [1.807, 2.05) is 0 Å². The standard InChI is InChI=1S/C16H15BrFNO5S/c1-23-13-6-9(7-14(24-2)15(13)17)16(20)19-12-8-10(25(3,21)22)4-5-11(12)18/h4-8H,1-3H3,(H,19,20). The Morgan fingerprint density at radius 2 is 1.68 bits per heavy atom. The minimum atomic E-state index is -3.53. The molecule has 9 heteroatoms. The smallest absolute Gasteiger partial charge is 0.256 e. The predicted molar refractivity (Wildman–Crippen MR) is 94.7 cm³/mol. The van der Waals surface area contributed by atoms with Gasteiger partial charge in [-0.2, -0.15) is 0 Å². The Labute approximate surface area is 153 Å². The summed E-state index contributed by atoms with van der Waals surface area (Å²) in [7, 11) is -0.680. The molecule has 0 aromatic heterocycles. The second kappa shape index (κ2) is 7.40. The fourth-order valence-corrected chi connectivity index (χ4v) is 3.23. The van der Waals surface area contributed by atoms with Gasteiger partial charge in [0.2, 0.25) is 0 Å². The number of halogens is 2. The van der Waals surface area contributed by atoms with E-state index < -0.39 is 21.6 Å². The highest BCUT2D eigenvalue weighted by Gasteiger charge is 2.17. The van der Waals surface area contributed by atoms with E-state index in [0.29, 0.717) is 16.0 Å². The number of methoxy groups -OCH3 is 2. The first kappa shape index (κ1) is 19.2. The lowest BCUT2D eigenvalue weighted by Crippen LogP contribution is -2.14. The number of ether oxygens (including phenoxy) is 2. The highest BCUT2D eigenvalue weighted by molar-refractivity contribution is 9.10. The average Bonchev–Trinajstić information content (AvgIpc) is 2.55. The molecule has 0 unspecified atom stereocenters. The first-order chi connectivity index (χ1) is 11.7. The summed E-state index contributed by atoms with van der Waals surface area (Å²) >= 11 is 3.29. The molecule has 0 saturated heterocycles. The van der Waals surface area contributed by atoms with Crippen molar-refractivity contribution in [3.05, 3.63) is 46.2 Å². The predicted octanol–water partition coefficient (Wildman–Crippen LogP) is 3.26. The molecular weight excluding hydrogens is 417 g/mol. The number of sulfone groups is 1. The molecule has 1 amide bonds. The third-order valence-electron chi connectivity index (χ3n) is 3.32. The molecule has 0 bridgehead atoms. The molecule has 1 N–H and O–H groups in total. The van der Waals surface area contributed by atoms with Crippen molar-refractivity contribution in [2.45, 2.75) is 4.90 Å². The number of amides is 1. The summed E-state index contributed by atoms with van der Waals surface area (Å²) in [6.45, 7) is 0. The van der Waals surface area contributed by atoms with Crippen LogP contribution in [0, 0.1) is 5.82 Å². The van der Waals surface area contributed by atoms with E-state index in [2.05, 4.69) is 21.2 Å². The van der Waals surface area contributed by atoms with Crippen LogP contribution in [0.3, 0.4) is 0 Å². The van der Waals surface area contributed by atoms with Gasteiger partial charge in [0.05, 0.1) is 24.8 Å². The van der Waals surface area contributed by atoms with Crippen molar-refractivity contribution in [3.8, 4) is 11.5 Å². The molecule has 0 spiro atoms. The molecule has 25 heavy (non-hydrogen) atoms. The van der Waals surface area contributed by atoms with Crippen LogP contribution in [0.15, 0.2) is 39.7 Å². The van der Waals surface area contributed by atoms with Crippen LogP contribution in [-0.2, 0) is 9.84 Å². The number of benzene rings is 2. The number of hydrogen-bond acceptors (Lipinski definition) is 5. The van der Waals surface area contributed by atoms with E-state index in [9.17, 15) is 17.6 Å². The largest absolute Gasteiger partial charge is 0.495 e. The second-order valence-electron chi connectivity index (χ2n) is 5.06. The Morgan fingerprint density at radius 3 is 2.16 bits per heavy atom. The lowest BCUT2D eigenvalue weighted by atomic mass is 10.1. The zero-order chi connectivity index (χ0) is 18.8. The summed E-state index contributed by atoms with van der Waals surface area (Å²) < 4.78 is 47.9. The zero-order valence-corrected chi connectivity index (χ0v) is 16.0. The second-order valence-corrected chi connectivity index (χ2v) is 7.87. The molecule has 2 aromatic rings. The van der Waals surface area contributed by atoms with Crippen LogP contribution in [0.2, 0.25) is 0 Å². The van der Waals surface area contributed by atoms with Gasteiger partial charge in [0.15, 0.2) is 9.84 Å².